The topological polar surface area (TPSA) is 76.6 Å². The number of likely N-dealkylation sites (tertiary alicyclic amines) is 3. The third-order valence-electron chi connectivity index (χ3n) is 11.9. The van der Waals surface area contributed by atoms with Crippen molar-refractivity contribution in [1.29, 1.82) is 0 Å². The molecule has 4 saturated heterocycles. The van der Waals surface area contributed by atoms with Crippen LogP contribution >= 0.6 is 0 Å². The Kier molecular flexibility index (Phi) is 11.6. The van der Waals surface area contributed by atoms with Crippen LogP contribution in [0.4, 0.5) is 32.0 Å². The van der Waals surface area contributed by atoms with E-state index in [9.17, 15) is 36.6 Å². The number of halogens is 6. The summed E-state index contributed by atoms with van der Waals surface area (Å²) in [4.78, 5) is 33.0. The van der Waals surface area contributed by atoms with Gasteiger partial charge in [0, 0.05) is 70.0 Å². The third kappa shape index (κ3) is 7.88. The van der Waals surface area contributed by atoms with Gasteiger partial charge in [0.05, 0.1) is 24.6 Å². The number of hydrogen-bond acceptors (Lipinski definition) is 6. The third-order valence-corrected chi connectivity index (χ3v) is 11.9. The zero-order valence-corrected chi connectivity index (χ0v) is 29.5. The molecule has 4 fully saturated rings. The monoisotopic (exact) mass is 738 g/mol. The lowest BCUT2D eigenvalue weighted by molar-refractivity contribution is -0.145. The second kappa shape index (κ2) is 15.8. The van der Waals surface area contributed by atoms with E-state index in [1.165, 1.54) is 13.2 Å². The number of benzene rings is 2. The first-order chi connectivity index (χ1) is 24.9. The quantitative estimate of drug-likeness (QED) is 0.287. The number of hydrogen-bond donors (Lipinski definition) is 1. The highest BCUT2D eigenvalue weighted by Crippen LogP contribution is 2.45. The number of carbonyl (C=O) groups is 2. The van der Waals surface area contributed by atoms with Crippen LogP contribution in [-0.4, -0.2) is 122 Å². The fourth-order valence-electron chi connectivity index (χ4n) is 8.77. The summed E-state index contributed by atoms with van der Waals surface area (Å²) < 4.78 is 91.0. The Balaban J connectivity index is 1.18. The molecule has 4 heterocycles. The van der Waals surface area contributed by atoms with Gasteiger partial charge >= 0.3 is 12.1 Å². The average Bonchev–Trinajstić information content (AvgIpc) is 3.53. The fraction of sp³-hybridized carbons (Fsp3) is 0.632. The summed E-state index contributed by atoms with van der Waals surface area (Å²) in [6.45, 7) is 0.731. The van der Waals surface area contributed by atoms with E-state index in [4.69, 9.17) is 4.74 Å². The van der Waals surface area contributed by atoms with Crippen LogP contribution in [0.2, 0.25) is 0 Å². The summed E-state index contributed by atoms with van der Waals surface area (Å²) in [7, 11) is 1.54. The SMILES string of the molecule is COc1ccc([C@@H]2CN(C3CCN(C(CF)CF)CC3)C[C@@]2(F)C(=O)N2CCC(c3ccc(C(F)(F)F)cc3N3CCC(C(=O)O)CC3)CC2)cc1. The van der Waals surface area contributed by atoms with Gasteiger partial charge in [-0.25, -0.2) is 13.2 Å². The number of alkyl halides is 6. The standard InChI is InChI=1S/C38H48F6N4O4/c1-52-31-5-2-26(3-6-31)33-23-48(29-12-18-45(19-13-29)30(21-39)22-40)24-37(33,41)36(51)47-16-8-25(9-17-47)32-7-4-28(38(42,43)44)20-34(32)46-14-10-27(11-15-46)35(49)50/h2-7,20,25,27,29-30,33H,8-19,21-24H2,1H3,(H,49,50)/t33-,37-/m0/s1. The molecule has 52 heavy (non-hydrogen) atoms. The van der Waals surface area contributed by atoms with Crippen molar-refractivity contribution < 1.29 is 45.8 Å². The van der Waals surface area contributed by atoms with Crippen molar-refractivity contribution in [1.82, 2.24) is 14.7 Å². The molecule has 286 valence electrons. The number of anilines is 1. The molecule has 0 bridgehead atoms. The van der Waals surface area contributed by atoms with Gasteiger partial charge < -0.3 is 19.6 Å². The van der Waals surface area contributed by atoms with E-state index in [-0.39, 0.29) is 31.6 Å². The molecule has 0 spiro atoms. The van der Waals surface area contributed by atoms with E-state index in [1.807, 2.05) is 9.80 Å². The Morgan fingerprint density at radius 2 is 1.54 bits per heavy atom. The number of methoxy groups -OCH3 is 1. The second-order valence-corrected chi connectivity index (χ2v) is 14.8. The molecule has 2 aromatic rings. The van der Waals surface area contributed by atoms with Crippen LogP contribution in [0.3, 0.4) is 0 Å². The molecule has 1 N–H and O–H groups in total. The number of carbonyl (C=O) groups excluding carboxylic acids is 1. The molecule has 0 aliphatic carbocycles. The van der Waals surface area contributed by atoms with Crippen LogP contribution in [-0.2, 0) is 15.8 Å². The van der Waals surface area contributed by atoms with Crippen LogP contribution in [0.1, 0.15) is 67.1 Å². The average molecular weight is 739 g/mol. The van der Waals surface area contributed by atoms with Gasteiger partial charge in [-0.1, -0.05) is 18.2 Å². The minimum Gasteiger partial charge on any atom is -0.497 e. The molecule has 0 unspecified atom stereocenters. The maximum Gasteiger partial charge on any atom is 0.416 e. The second-order valence-electron chi connectivity index (χ2n) is 14.8. The Morgan fingerprint density at radius 1 is 0.904 bits per heavy atom. The van der Waals surface area contributed by atoms with E-state index >= 15 is 4.39 Å². The molecular weight excluding hydrogens is 690 g/mol. The van der Waals surface area contributed by atoms with E-state index in [0.717, 1.165) is 17.7 Å². The van der Waals surface area contributed by atoms with Gasteiger partial charge in [0.1, 0.15) is 19.1 Å². The van der Waals surface area contributed by atoms with Gasteiger partial charge in [-0.3, -0.25) is 19.4 Å². The van der Waals surface area contributed by atoms with Crippen molar-refractivity contribution >= 4 is 17.6 Å². The van der Waals surface area contributed by atoms with Crippen LogP contribution in [0.25, 0.3) is 0 Å². The Labute approximate surface area is 300 Å². The van der Waals surface area contributed by atoms with E-state index < -0.39 is 60.5 Å². The number of aliphatic carboxylic acids is 1. The molecule has 4 aliphatic rings. The Bertz CT molecular complexity index is 1530. The van der Waals surface area contributed by atoms with Crippen molar-refractivity contribution in [2.75, 3.05) is 77.7 Å². The first kappa shape index (κ1) is 38.2. The number of carboxylic acid groups (broad SMARTS) is 1. The van der Waals surface area contributed by atoms with Crippen molar-refractivity contribution in [2.24, 2.45) is 5.92 Å². The van der Waals surface area contributed by atoms with Gasteiger partial charge in [-0.2, -0.15) is 13.2 Å². The summed E-state index contributed by atoms with van der Waals surface area (Å²) in [5.74, 6) is -2.38. The summed E-state index contributed by atoms with van der Waals surface area (Å²) in [6, 6.07) is 9.94. The number of amides is 1. The van der Waals surface area contributed by atoms with Crippen LogP contribution in [0.15, 0.2) is 42.5 Å². The minimum absolute atomic E-state index is 0.0494. The number of rotatable bonds is 10. The van der Waals surface area contributed by atoms with E-state index in [0.29, 0.717) is 88.2 Å². The molecular formula is C38H48F6N4O4. The molecule has 2 atom stereocenters. The molecule has 6 rings (SSSR count). The van der Waals surface area contributed by atoms with Crippen LogP contribution in [0, 0.1) is 5.92 Å². The molecule has 0 saturated carbocycles. The normalized spacial score (nSPS) is 24.9. The van der Waals surface area contributed by atoms with Crippen molar-refractivity contribution in [2.45, 2.75) is 74.3 Å². The Morgan fingerprint density at radius 3 is 2.10 bits per heavy atom. The van der Waals surface area contributed by atoms with Crippen molar-refractivity contribution in [3.63, 3.8) is 0 Å². The lowest BCUT2D eigenvalue weighted by Gasteiger charge is -2.40. The molecule has 8 nitrogen and oxygen atoms in total. The van der Waals surface area contributed by atoms with Gasteiger partial charge in [-0.05, 0) is 79.8 Å². The van der Waals surface area contributed by atoms with Gasteiger partial charge in [0.2, 0.25) is 5.67 Å². The maximum absolute atomic E-state index is 17.6. The molecule has 0 aromatic heterocycles. The summed E-state index contributed by atoms with van der Waals surface area (Å²) >= 11 is 0. The molecule has 0 radical (unpaired) electrons. The van der Waals surface area contributed by atoms with E-state index in [2.05, 4.69) is 0 Å². The fourth-order valence-corrected chi connectivity index (χ4v) is 8.77. The zero-order valence-electron chi connectivity index (χ0n) is 29.5. The molecule has 2 aromatic carbocycles. The summed E-state index contributed by atoms with van der Waals surface area (Å²) in [6.07, 6.45) is -1.81. The highest BCUT2D eigenvalue weighted by molar-refractivity contribution is 5.87. The van der Waals surface area contributed by atoms with Crippen LogP contribution in [0.5, 0.6) is 5.75 Å². The predicted molar refractivity (Wildman–Crippen MR) is 184 cm³/mol. The summed E-state index contributed by atoms with van der Waals surface area (Å²) in [5.41, 5.74) is -1.19. The van der Waals surface area contributed by atoms with Gasteiger partial charge in [0.25, 0.3) is 5.91 Å². The van der Waals surface area contributed by atoms with Gasteiger partial charge in [-0.15, -0.1) is 0 Å². The summed E-state index contributed by atoms with van der Waals surface area (Å²) in [5, 5.41) is 9.44. The minimum atomic E-state index is -4.55. The molecule has 4 aliphatic heterocycles. The smallest absolute Gasteiger partial charge is 0.416 e. The molecule has 14 heteroatoms. The van der Waals surface area contributed by atoms with Crippen molar-refractivity contribution in [3.8, 4) is 5.75 Å². The largest absolute Gasteiger partial charge is 0.497 e. The predicted octanol–water partition coefficient (Wildman–Crippen LogP) is 6.30. The highest BCUT2D eigenvalue weighted by Gasteiger charge is 2.56. The lowest BCUT2D eigenvalue weighted by Crippen LogP contribution is -2.53. The van der Waals surface area contributed by atoms with Gasteiger partial charge in [0.15, 0.2) is 0 Å². The van der Waals surface area contributed by atoms with Crippen molar-refractivity contribution in [3.05, 3.63) is 59.2 Å². The zero-order chi connectivity index (χ0) is 37.2. The first-order valence-corrected chi connectivity index (χ1v) is 18.3. The number of ether oxygens (including phenoxy) is 1. The highest BCUT2D eigenvalue weighted by atomic mass is 19.4. The number of piperidine rings is 3. The first-order valence-electron chi connectivity index (χ1n) is 18.3. The van der Waals surface area contributed by atoms with E-state index in [1.54, 1.807) is 34.1 Å². The Hall–Kier alpha value is -3.52. The number of carboxylic acids is 1. The maximum atomic E-state index is 17.6. The molecule has 1 amide bonds. The lowest BCUT2D eigenvalue weighted by atomic mass is 9.83. The number of nitrogens with zero attached hydrogens (tertiary/aromatic N) is 4. The van der Waals surface area contributed by atoms with Crippen LogP contribution < -0.4 is 9.64 Å².